The summed E-state index contributed by atoms with van der Waals surface area (Å²) in [7, 11) is 0. The fourth-order valence-electron chi connectivity index (χ4n) is 0.654. The van der Waals surface area contributed by atoms with E-state index in [2.05, 4.69) is 10.2 Å². The molecule has 7 heteroatoms. The van der Waals surface area contributed by atoms with E-state index in [9.17, 15) is 9.90 Å². The third-order valence-electron chi connectivity index (χ3n) is 1.15. The number of rotatable bonds is 5. The van der Waals surface area contributed by atoms with Crippen LogP contribution < -0.4 is 0 Å². The first kappa shape index (κ1) is 10.4. The Morgan fingerprint density at radius 2 is 2.54 bits per heavy atom. The molecule has 1 atom stereocenters. The van der Waals surface area contributed by atoms with Crippen molar-refractivity contribution in [3.05, 3.63) is 5.51 Å². The topological polar surface area (TPSA) is 83.3 Å². The monoisotopic (exact) mass is 220 g/mol. The normalized spacial score (nSPS) is 12.7. The lowest BCUT2D eigenvalue weighted by atomic mass is 10.3. The maximum Gasteiger partial charge on any atom is 0.306 e. The minimum absolute atomic E-state index is 0.230. The Bertz CT molecular complexity index is 265. The van der Waals surface area contributed by atoms with Gasteiger partial charge in [0.2, 0.25) is 0 Å². The van der Waals surface area contributed by atoms with Crippen molar-refractivity contribution in [2.75, 3.05) is 5.75 Å². The van der Waals surface area contributed by atoms with Crippen LogP contribution in [0.5, 0.6) is 0 Å². The number of carbonyl (C=O) groups is 1. The van der Waals surface area contributed by atoms with Crippen LogP contribution in [0.1, 0.15) is 6.42 Å². The minimum Gasteiger partial charge on any atom is -0.481 e. The highest BCUT2D eigenvalue weighted by Crippen LogP contribution is 2.20. The first-order chi connectivity index (χ1) is 6.18. The molecule has 0 bridgehead atoms. The van der Waals surface area contributed by atoms with Gasteiger partial charge < -0.3 is 10.2 Å². The number of aliphatic carboxylic acids is 1. The van der Waals surface area contributed by atoms with Crippen LogP contribution in [-0.2, 0) is 4.79 Å². The van der Waals surface area contributed by atoms with Crippen LogP contribution in [0.15, 0.2) is 9.85 Å². The van der Waals surface area contributed by atoms with Crippen molar-refractivity contribution in [2.24, 2.45) is 0 Å². The highest BCUT2D eigenvalue weighted by atomic mass is 32.2. The van der Waals surface area contributed by atoms with E-state index in [0.29, 0.717) is 5.75 Å². The number of carboxylic acids is 1. The van der Waals surface area contributed by atoms with E-state index in [1.165, 1.54) is 23.1 Å². The maximum absolute atomic E-state index is 10.2. The lowest BCUT2D eigenvalue weighted by Crippen LogP contribution is -2.15. The number of thioether (sulfide) groups is 1. The highest BCUT2D eigenvalue weighted by Gasteiger charge is 2.10. The quantitative estimate of drug-likeness (QED) is 0.702. The lowest BCUT2D eigenvalue weighted by Gasteiger charge is -2.04. The van der Waals surface area contributed by atoms with Crippen molar-refractivity contribution in [3.63, 3.8) is 0 Å². The highest BCUT2D eigenvalue weighted by molar-refractivity contribution is 8.01. The number of hydrogen-bond donors (Lipinski definition) is 2. The van der Waals surface area contributed by atoms with Gasteiger partial charge in [-0.25, -0.2) is 0 Å². The van der Waals surface area contributed by atoms with Crippen molar-refractivity contribution < 1.29 is 15.0 Å². The standard InChI is InChI=1S/C6H8N2O3S2/c9-4(1-5(10)11)2-12-6-8-7-3-13-6/h3-4,9H,1-2H2,(H,10,11). The van der Waals surface area contributed by atoms with Crippen LogP contribution in [0, 0.1) is 0 Å². The molecule has 1 heterocycles. The van der Waals surface area contributed by atoms with Crippen LogP contribution in [0.2, 0.25) is 0 Å². The zero-order chi connectivity index (χ0) is 9.68. The second kappa shape index (κ2) is 5.15. The summed E-state index contributed by atoms with van der Waals surface area (Å²) in [5.74, 6) is -0.660. The molecule has 0 saturated carbocycles. The predicted molar refractivity (Wildman–Crippen MR) is 48.9 cm³/mol. The Balaban J connectivity index is 2.22. The van der Waals surface area contributed by atoms with Crippen molar-refractivity contribution in [3.8, 4) is 0 Å². The molecule has 2 N–H and O–H groups in total. The molecule has 1 unspecified atom stereocenters. The Labute approximate surface area is 82.8 Å². The summed E-state index contributed by atoms with van der Waals surface area (Å²) < 4.78 is 0.740. The molecular weight excluding hydrogens is 212 g/mol. The number of nitrogens with zero attached hydrogens (tertiary/aromatic N) is 2. The van der Waals surface area contributed by atoms with Crippen molar-refractivity contribution in [1.82, 2.24) is 10.2 Å². The number of aliphatic hydroxyl groups is 1. The zero-order valence-electron chi connectivity index (χ0n) is 6.58. The molecule has 1 aromatic rings. The van der Waals surface area contributed by atoms with Crippen molar-refractivity contribution in [2.45, 2.75) is 16.9 Å². The van der Waals surface area contributed by atoms with Gasteiger partial charge >= 0.3 is 5.97 Å². The van der Waals surface area contributed by atoms with Crippen molar-refractivity contribution >= 4 is 29.1 Å². The van der Waals surface area contributed by atoms with Gasteiger partial charge in [-0.15, -0.1) is 10.2 Å². The molecule has 0 spiro atoms. The zero-order valence-corrected chi connectivity index (χ0v) is 8.22. The van der Waals surface area contributed by atoms with E-state index in [0.717, 1.165) is 4.34 Å². The average molecular weight is 220 g/mol. The smallest absolute Gasteiger partial charge is 0.306 e. The third kappa shape index (κ3) is 4.20. The van der Waals surface area contributed by atoms with Gasteiger partial charge in [0.1, 0.15) is 5.51 Å². The van der Waals surface area contributed by atoms with Crippen LogP contribution in [-0.4, -0.2) is 38.2 Å². The first-order valence-corrected chi connectivity index (χ1v) is 5.34. The average Bonchev–Trinajstić information content (AvgIpc) is 2.51. The third-order valence-corrected chi connectivity index (χ3v) is 3.15. The molecule has 0 radical (unpaired) electrons. The lowest BCUT2D eigenvalue weighted by molar-refractivity contribution is -0.138. The van der Waals surface area contributed by atoms with E-state index in [1.54, 1.807) is 5.51 Å². The molecule has 72 valence electrons. The van der Waals surface area contributed by atoms with Gasteiger partial charge in [-0.05, 0) is 0 Å². The van der Waals surface area contributed by atoms with Crippen LogP contribution in [0.3, 0.4) is 0 Å². The summed E-state index contributed by atoms with van der Waals surface area (Å²) in [4.78, 5) is 10.2. The van der Waals surface area contributed by atoms with E-state index < -0.39 is 12.1 Å². The van der Waals surface area contributed by atoms with Crippen LogP contribution in [0.4, 0.5) is 0 Å². The van der Waals surface area contributed by atoms with Gasteiger partial charge in [0.25, 0.3) is 0 Å². The molecule has 0 saturated heterocycles. The molecule has 5 nitrogen and oxygen atoms in total. The Morgan fingerprint density at radius 1 is 1.77 bits per heavy atom. The number of hydrogen-bond acceptors (Lipinski definition) is 6. The van der Waals surface area contributed by atoms with Crippen LogP contribution >= 0.6 is 23.1 Å². The molecular formula is C6H8N2O3S2. The summed E-state index contributed by atoms with van der Waals surface area (Å²) in [6, 6.07) is 0. The second-order valence-corrected chi connectivity index (χ2v) is 4.37. The maximum atomic E-state index is 10.2. The molecule has 1 aromatic heterocycles. The summed E-state index contributed by atoms with van der Waals surface area (Å²) in [5.41, 5.74) is 1.59. The van der Waals surface area contributed by atoms with Gasteiger partial charge in [-0.2, -0.15) is 0 Å². The molecule has 0 aliphatic rings. The van der Waals surface area contributed by atoms with Crippen molar-refractivity contribution in [1.29, 1.82) is 0 Å². The van der Waals surface area contributed by atoms with Gasteiger partial charge in [0.05, 0.1) is 12.5 Å². The molecule has 1 rings (SSSR count). The number of carboxylic acid groups (broad SMARTS) is 1. The fraction of sp³-hybridized carbons (Fsp3) is 0.500. The van der Waals surface area contributed by atoms with E-state index in [-0.39, 0.29) is 6.42 Å². The van der Waals surface area contributed by atoms with E-state index in [4.69, 9.17) is 5.11 Å². The summed E-state index contributed by atoms with van der Waals surface area (Å²) in [5, 5.41) is 24.9. The molecule has 0 aliphatic carbocycles. The molecule has 0 amide bonds. The summed E-state index contributed by atoms with van der Waals surface area (Å²) >= 11 is 2.67. The van der Waals surface area contributed by atoms with Gasteiger partial charge in [0.15, 0.2) is 4.34 Å². The van der Waals surface area contributed by atoms with Gasteiger partial charge in [-0.3, -0.25) is 4.79 Å². The predicted octanol–water partition coefficient (Wildman–Crippen LogP) is 0.466. The summed E-state index contributed by atoms with van der Waals surface area (Å²) in [6.45, 7) is 0. The molecule has 0 aromatic carbocycles. The largest absolute Gasteiger partial charge is 0.481 e. The number of aliphatic hydroxyl groups excluding tert-OH is 1. The summed E-state index contributed by atoms with van der Waals surface area (Å²) in [6.07, 6.45) is -1.06. The Hall–Kier alpha value is -0.660. The minimum atomic E-state index is -0.995. The van der Waals surface area contributed by atoms with Gasteiger partial charge in [-0.1, -0.05) is 23.1 Å². The fourth-order valence-corrected chi connectivity index (χ4v) is 2.10. The van der Waals surface area contributed by atoms with Crippen LogP contribution in [0.25, 0.3) is 0 Å². The number of aromatic nitrogens is 2. The van der Waals surface area contributed by atoms with E-state index >= 15 is 0 Å². The Kier molecular flexibility index (Phi) is 4.13. The Morgan fingerprint density at radius 3 is 3.08 bits per heavy atom. The SMILES string of the molecule is O=C(O)CC(O)CSc1nncs1. The second-order valence-electron chi connectivity index (χ2n) is 2.27. The first-order valence-electron chi connectivity index (χ1n) is 3.47. The van der Waals surface area contributed by atoms with E-state index in [1.807, 2.05) is 0 Å². The molecule has 13 heavy (non-hydrogen) atoms. The molecule has 0 aliphatic heterocycles. The molecule has 0 fully saturated rings. The van der Waals surface area contributed by atoms with Gasteiger partial charge in [0, 0.05) is 5.75 Å².